The molecule has 0 aliphatic rings. The Morgan fingerprint density at radius 1 is 1.17 bits per heavy atom. The van der Waals surface area contributed by atoms with Gasteiger partial charge in [0.2, 0.25) is 0 Å². The topological polar surface area (TPSA) is 76.4 Å². The number of unbranched alkanes of at least 4 members (excludes halogenated alkanes) is 1. The third-order valence-corrected chi connectivity index (χ3v) is 2.36. The third-order valence-electron chi connectivity index (χ3n) is 2.36. The van der Waals surface area contributed by atoms with Crippen LogP contribution in [0.3, 0.4) is 0 Å². The lowest BCUT2D eigenvalue weighted by Gasteiger charge is -2.15. The monoisotopic (exact) mass is 255 g/mol. The molecule has 0 aromatic rings. The Hall–Kier alpha value is -1.57. The van der Waals surface area contributed by atoms with Gasteiger partial charge in [0.05, 0.1) is 12.7 Å². The second kappa shape index (κ2) is 10.6. The molecular formula is C13H21NO4. The van der Waals surface area contributed by atoms with Crippen LogP contribution in [0, 0.1) is 11.3 Å². The first-order chi connectivity index (χ1) is 8.65. The van der Waals surface area contributed by atoms with Crippen molar-refractivity contribution in [3.63, 3.8) is 0 Å². The summed E-state index contributed by atoms with van der Waals surface area (Å²) in [6, 6.07) is 1.99. The molecule has 0 radical (unpaired) electrons. The lowest BCUT2D eigenvalue weighted by molar-refractivity contribution is -0.171. The molecule has 5 heteroatoms. The fourth-order valence-electron chi connectivity index (χ4n) is 1.38. The number of esters is 2. The van der Waals surface area contributed by atoms with E-state index in [-0.39, 0.29) is 12.7 Å². The summed E-state index contributed by atoms with van der Waals surface area (Å²) in [7, 11) is 0. The zero-order valence-corrected chi connectivity index (χ0v) is 11.1. The highest BCUT2D eigenvalue weighted by Crippen LogP contribution is 2.10. The van der Waals surface area contributed by atoms with E-state index in [1.54, 1.807) is 0 Å². The molecule has 18 heavy (non-hydrogen) atoms. The molecule has 0 saturated carbocycles. The molecule has 0 saturated heterocycles. The molecular weight excluding hydrogens is 234 g/mol. The lowest BCUT2D eigenvalue weighted by atomic mass is 10.1. The van der Waals surface area contributed by atoms with Crippen LogP contribution in [0.4, 0.5) is 0 Å². The van der Waals surface area contributed by atoms with Gasteiger partial charge >= 0.3 is 11.9 Å². The number of carbonyl (C=O) groups excluding carboxylic acids is 2. The Morgan fingerprint density at radius 2 is 1.89 bits per heavy atom. The predicted octanol–water partition coefficient (Wildman–Crippen LogP) is 2.35. The smallest absolute Gasteiger partial charge is 0.417 e. The van der Waals surface area contributed by atoms with Crippen molar-refractivity contribution in [3.05, 3.63) is 0 Å². The largest absolute Gasteiger partial charge is 0.457 e. The summed E-state index contributed by atoms with van der Waals surface area (Å²) in [5.74, 6) is -1.90. The van der Waals surface area contributed by atoms with Gasteiger partial charge in [0, 0.05) is 6.42 Å². The van der Waals surface area contributed by atoms with E-state index in [0.29, 0.717) is 19.3 Å². The highest BCUT2D eigenvalue weighted by molar-refractivity contribution is 6.29. The standard InChI is InChI=1S/C13H21NO4/c1-3-5-10-17-12(15)13(16)18-11(7-4-2)8-6-9-14/h11H,3-8,10H2,1-2H3. The Balaban J connectivity index is 4.06. The van der Waals surface area contributed by atoms with Gasteiger partial charge in [0.15, 0.2) is 0 Å². The zero-order valence-electron chi connectivity index (χ0n) is 11.1. The quantitative estimate of drug-likeness (QED) is 0.378. The molecule has 0 spiro atoms. The van der Waals surface area contributed by atoms with Crippen molar-refractivity contribution >= 4 is 11.9 Å². The number of carbonyl (C=O) groups is 2. The number of nitriles is 1. The maximum atomic E-state index is 11.4. The van der Waals surface area contributed by atoms with Gasteiger partial charge in [0.1, 0.15) is 6.10 Å². The molecule has 0 aromatic carbocycles. The molecule has 0 aliphatic heterocycles. The van der Waals surface area contributed by atoms with Crippen molar-refractivity contribution in [1.29, 1.82) is 5.26 Å². The van der Waals surface area contributed by atoms with Crippen molar-refractivity contribution < 1.29 is 19.1 Å². The molecule has 0 aromatic heterocycles. The minimum Gasteiger partial charge on any atom is -0.457 e. The molecule has 102 valence electrons. The Labute approximate surface area is 108 Å². The van der Waals surface area contributed by atoms with Crippen molar-refractivity contribution in [2.24, 2.45) is 0 Å². The predicted molar refractivity (Wildman–Crippen MR) is 65.5 cm³/mol. The van der Waals surface area contributed by atoms with Crippen molar-refractivity contribution in [1.82, 2.24) is 0 Å². The molecule has 0 rings (SSSR count). The number of ether oxygens (including phenoxy) is 2. The zero-order chi connectivity index (χ0) is 13.8. The summed E-state index contributed by atoms with van der Waals surface area (Å²) < 4.78 is 9.77. The minimum atomic E-state index is -0.956. The average molecular weight is 255 g/mol. The van der Waals surface area contributed by atoms with E-state index in [1.807, 2.05) is 19.9 Å². The minimum absolute atomic E-state index is 0.237. The van der Waals surface area contributed by atoms with E-state index < -0.39 is 11.9 Å². The van der Waals surface area contributed by atoms with Gasteiger partial charge in [-0.2, -0.15) is 5.26 Å². The van der Waals surface area contributed by atoms with Crippen LogP contribution in [-0.2, 0) is 19.1 Å². The molecule has 0 heterocycles. The highest BCUT2D eigenvalue weighted by atomic mass is 16.6. The summed E-state index contributed by atoms with van der Waals surface area (Å²) in [4.78, 5) is 22.7. The van der Waals surface area contributed by atoms with Gasteiger partial charge in [0.25, 0.3) is 0 Å². The van der Waals surface area contributed by atoms with Crippen LogP contribution >= 0.6 is 0 Å². The number of rotatable bonds is 8. The van der Waals surface area contributed by atoms with Crippen molar-refractivity contribution in [3.8, 4) is 6.07 Å². The van der Waals surface area contributed by atoms with Crippen LogP contribution in [0.25, 0.3) is 0 Å². The van der Waals surface area contributed by atoms with Gasteiger partial charge in [-0.25, -0.2) is 9.59 Å². The van der Waals surface area contributed by atoms with Crippen LogP contribution in [0.15, 0.2) is 0 Å². The molecule has 1 unspecified atom stereocenters. The second-order valence-corrected chi connectivity index (χ2v) is 4.00. The molecule has 0 bridgehead atoms. The molecule has 5 nitrogen and oxygen atoms in total. The van der Waals surface area contributed by atoms with E-state index in [1.165, 1.54) is 0 Å². The van der Waals surface area contributed by atoms with Crippen LogP contribution < -0.4 is 0 Å². The van der Waals surface area contributed by atoms with Crippen LogP contribution in [0.2, 0.25) is 0 Å². The Bertz CT molecular complexity index is 296. The maximum absolute atomic E-state index is 11.4. The summed E-state index contributed by atoms with van der Waals surface area (Å²) in [6.07, 6.45) is 3.49. The molecule has 0 aliphatic carbocycles. The molecule has 0 amide bonds. The summed E-state index contributed by atoms with van der Waals surface area (Å²) in [5.41, 5.74) is 0. The van der Waals surface area contributed by atoms with Gasteiger partial charge in [-0.1, -0.05) is 26.7 Å². The van der Waals surface area contributed by atoms with Crippen LogP contribution in [-0.4, -0.2) is 24.6 Å². The fraction of sp³-hybridized carbons (Fsp3) is 0.769. The lowest BCUT2D eigenvalue weighted by Crippen LogP contribution is -2.26. The maximum Gasteiger partial charge on any atom is 0.417 e. The van der Waals surface area contributed by atoms with Gasteiger partial charge in [-0.3, -0.25) is 0 Å². The molecule has 0 N–H and O–H groups in total. The molecule has 0 fully saturated rings. The number of hydrogen-bond acceptors (Lipinski definition) is 5. The Kier molecular flexibility index (Phi) is 9.65. The molecule has 1 atom stereocenters. The first-order valence-electron chi connectivity index (χ1n) is 6.40. The van der Waals surface area contributed by atoms with Gasteiger partial charge in [-0.15, -0.1) is 0 Å². The van der Waals surface area contributed by atoms with E-state index in [9.17, 15) is 9.59 Å². The normalized spacial score (nSPS) is 11.4. The fourth-order valence-corrected chi connectivity index (χ4v) is 1.38. The second-order valence-electron chi connectivity index (χ2n) is 4.00. The van der Waals surface area contributed by atoms with E-state index in [4.69, 9.17) is 14.7 Å². The first-order valence-corrected chi connectivity index (χ1v) is 6.40. The third kappa shape index (κ3) is 7.66. The summed E-state index contributed by atoms with van der Waals surface area (Å²) in [5, 5.41) is 8.49. The van der Waals surface area contributed by atoms with E-state index >= 15 is 0 Å². The van der Waals surface area contributed by atoms with E-state index in [0.717, 1.165) is 19.3 Å². The van der Waals surface area contributed by atoms with Crippen LogP contribution in [0.5, 0.6) is 0 Å². The first kappa shape index (κ1) is 16.4. The number of hydrogen-bond donors (Lipinski definition) is 0. The highest BCUT2D eigenvalue weighted by Gasteiger charge is 2.21. The average Bonchev–Trinajstić information content (AvgIpc) is 2.36. The van der Waals surface area contributed by atoms with Crippen LogP contribution in [0.1, 0.15) is 52.4 Å². The van der Waals surface area contributed by atoms with E-state index in [2.05, 4.69) is 0 Å². The Morgan fingerprint density at radius 3 is 2.44 bits per heavy atom. The summed E-state index contributed by atoms with van der Waals surface area (Å²) >= 11 is 0. The number of nitrogens with zero attached hydrogens (tertiary/aromatic N) is 1. The van der Waals surface area contributed by atoms with Gasteiger partial charge in [-0.05, 0) is 19.3 Å². The van der Waals surface area contributed by atoms with Gasteiger partial charge < -0.3 is 9.47 Å². The van der Waals surface area contributed by atoms with Crippen molar-refractivity contribution in [2.75, 3.05) is 6.61 Å². The summed E-state index contributed by atoms with van der Waals surface area (Å²) in [6.45, 7) is 4.15. The van der Waals surface area contributed by atoms with Crippen molar-refractivity contribution in [2.45, 2.75) is 58.5 Å². The SMILES string of the molecule is CCCCOC(=O)C(=O)OC(CCC)CCC#N.